The number of hydrogen-bond donors (Lipinski definition) is 1. The number of carbonyl (C=O) groups is 1. The molecule has 18 heavy (non-hydrogen) atoms. The Morgan fingerprint density at radius 1 is 1.50 bits per heavy atom. The van der Waals surface area contributed by atoms with Gasteiger partial charge in [-0.3, -0.25) is 4.79 Å². The third kappa shape index (κ3) is 2.86. The molecule has 1 unspecified atom stereocenters. The van der Waals surface area contributed by atoms with Crippen molar-refractivity contribution in [2.45, 2.75) is 12.8 Å². The Labute approximate surface area is 105 Å². The van der Waals surface area contributed by atoms with Crippen LogP contribution in [0.3, 0.4) is 0 Å². The molecule has 1 aromatic carbocycles. The number of halogens is 1. The molecule has 1 amide bonds. The average molecular weight is 252 g/mol. The van der Waals surface area contributed by atoms with Crippen molar-refractivity contribution >= 4 is 5.91 Å². The van der Waals surface area contributed by atoms with E-state index in [-0.39, 0.29) is 17.4 Å². The fourth-order valence-electron chi connectivity index (χ4n) is 2.33. The van der Waals surface area contributed by atoms with Gasteiger partial charge in [0.15, 0.2) is 0 Å². The lowest BCUT2D eigenvalue weighted by Gasteiger charge is -2.32. The molecule has 1 aliphatic heterocycles. The van der Waals surface area contributed by atoms with Crippen molar-refractivity contribution in [1.82, 2.24) is 4.90 Å². The number of rotatable bonds is 3. The fourth-order valence-corrected chi connectivity index (χ4v) is 2.33. The van der Waals surface area contributed by atoms with Gasteiger partial charge in [-0.15, -0.1) is 0 Å². The molecular formula is C13H17FN2O2. The summed E-state index contributed by atoms with van der Waals surface area (Å²) in [6, 6.07) is 6.06. The van der Waals surface area contributed by atoms with Gasteiger partial charge < -0.3 is 9.74 Å². The average Bonchev–Trinajstić information content (AvgIpc) is 2.39. The Hall–Kier alpha value is -1.46. The normalized spacial score (nSPS) is 19.9. The highest BCUT2D eigenvalue weighted by atomic mass is 19.1. The Morgan fingerprint density at radius 3 is 3.00 bits per heavy atom. The van der Waals surface area contributed by atoms with Gasteiger partial charge in [-0.05, 0) is 25.0 Å². The molecule has 5 heteroatoms. The molecule has 0 spiro atoms. The van der Waals surface area contributed by atoms with Crippen molar-refractivity contribution < 1.29 is 14.0 Å². The number of nitrogens with zero attached hydrogens (tertiary/aromatic N) is 1. The summed E-state index contributed by atoms with van der Waals surface area (Å²) in [5.41, 5.74) is 0.131. The molecule has 0 radical (unpaired) electrons. The minimum atomic E-state index is -0.473. The molecule has 1 aromatic rings. The lowest BCUT2D eigenvalue weighted by molar-refractivity contribution is 0.0469. The number of hydrogen-bond acceptors (Lipinski definition) is 3. The molecular weight excluding hydrogens is 235 g/mol. The van der Waals surface area contributed by atoms with Gasteiger partial charge in [-0.1, -0.05) is 12.1 Å². The predicted molar refractivity (Wildman–Crippen MR) is 65.2 cm³/mol. The second-order valence-corrected chi connectivity index (χ2v) is 4.57. The lowest BCUT2D eigenvalue weighted by Crippen LogP contribution is -2.41. The Balaban J connectivity index is 2.07. The fraction of sp³-hybridized carbons (Fsp3) is 0.462. The summed E-state index contributed by atoms with van der Waals surface area (Å²) in [5, 5.41) is 0. The van der Waals surface area contributed by atoms with Crippen LogP contribution in [0.25, 0.3) is 0 Å². The number of likely N-dealkylation sites (tertiary alicyclic amines) is 1. The van der Waals surface area contributed by atoms with E-state index >= 15 is 0 Å². The van der Waals surface area contributed by atoms with Gasteiger partial charge in [-0.2, -0.15) is 0 Å². The van der Waals surface area contributed by atoms with E-state index in [2.05, 4.69) is 4.84 Å². The van der Waals surface area contributed by atoms with Crippen LogP contribution in [0.4, 0.5) is 4.39 Å². The molecule has 1 atom stereocenters. The second-order valence-electron chi connectivity index (χ2n) is 4.57. The molecule has 1 saturated heterocycles. The molecule has 1 aliphatic rings. The standard InChI is InChI=1S/C13H17FN2O2/c14-12-6-2-1-5-11(12)13(17)16-7-3-4-10(8-16)9-18-15/h1-2,5-6,10H,3-4,7-9,15H2. The molecule has 4 nitrogen and oxygen atoms in total. The summed E-state index contributed by atoms with van der Waals surface area (Å²) in [4.78, 5) is 18.5. The topological polar surface area (TPSA) is 55.6 Å². The number of carbonyl (C=O) groups excluding carboxylic acids is 1. The van der Waals surface area contributed by atoms with E-state index in [9.17, 15) is 9.18 Å². The molecule has 1 fully saturated rings. The highest BCUT2D eigenvalue weighted by Crippen LogP contribution is 2.19. The van der Waals surface area contributed by atoms with Crippen LogP contribution >= 0.6 is 0 Å². The zero-order valence-corrected chi connectivity index (χ0v) is 10.1. The number of amides is 1. The van der Waals surface area contributed by atoms with E-state index in [0.29, 0.717) is 19.7 Å². The molecule has 0 saturated carbocycles. The smallest absolute Gasteiger partial charge is 0.256 e. The zero-order valence-electron chi connectivity index (χ0n) is 10.1. The summed E-state index contributed by atoms with van der Waals surface area (Å²) >= 11 is 0. The second kappa shape index (κ2) is 5.93. The van der Waals surface area contributed by atoms with Crippen molar-refractivity contribution in [1.29, 1.82) is 0 Å². The molecule has 2 rings (SSSR count). The number of nitrogens with two attached hydrogens (primary N) is 1. The van der Waals surface area contributed by atoms with Gasteiger partial charge >= 0.3 is 0 Å². The maximum atomic E-state index is 13.5. The first-order chi connectivity index (χ1) is 8.72. The Morgan fingerprint density at radius 2 is 2.28 bits per heavy atom. The van der Waals surface area contributed by atoms with Crippen molar-refractivity contribution in [3.05, 3.63) is 35.6 Å². The summed E-state index contributed by atoms with van der Waals surface area (Å²) < 4.78 is 13.5. The van der Waals surface area contributed by atoms with E-state index in [0.717, 1.165) is 12.8 Å². The van der Waals surface area contributed by atoms with Gasteiger partial charge in [0.25, 0.3) is 5.91 Å². The van der Waals surface area contributed by atoms with E-state index in [4.69, 9.17) is 5.90 Å². The third-order valence-corrected chi connectivity index (χ3v) is 3.24. The first-order valence-corrected chi connectivity index (χ1v) is 6.08. The lowest BCUT2D eigenvalue weighted by atomic mass is 9.98. The summed E-state index contributed by atoms with van der Waals surface area (Å²) in [6.45, 7) is 1.67. The van der Waals surface area contributed by atoms with Crippen molar-refractivity contribution in [2.75, 3.05) is 19.7 Å². The molecule has 0 aromatic heterocycles. The van der Waals surface area contributed by atoms with Crippen LogP contribution in [0, 0.1) is 11.7 Å². The maximum absolute atomic E-state index is 13.5. The van der Waals surface area contributed by atoms with Gasteiger partial charge in [0.05, 0.1) is 12.2 Å². The molecule has 98 valence electrons. The maximum Gasteiger partial charge on any atom is 0.256 e. The molecule has 1 heterocycles. The van der Waals surface area contributed by atoms with Crippen LogP contribution in [0.15, 0.2) is 24.3 Å². The van der Waals surface area contributed by atoms with Crippen LogP contribution in [0.1, 0.15) is 23.2 Å². The Bertz CT molecular complexity index is 423. The van der Waals surface area contributed by atoms with Gasteiger partial charge in [0, 0.05) is 19.0 Å². The minimum absolute atomic E-state index is 0.131. The first-order valence-electron chi connectivity index (χ1n) is 6.08. The van der Waals surface area contributed by atoms with Crippen molar-refractivity contribution in [2.24, 2.45) is 11.8 Å². The predicted octanol–water partition coefficient (Wildman–Crippen LogP) is 1.57. The number of piperidine rings is 1. The summed E-state index contributed by atoms with van der Waals surface area (Å²) in [6.07, 6.45) is 1.88. The SMILES string of the molecule is NOCC1CCCN(C(=O)c2ccccc2F)C1. The van der Waals surface area contributed by atoms with Crippen LogP contribution in [0.2, 0.25) is 0 Å². The quantitative estimate of drug-likeness (QED) is 0.831. The highest BCUT2D eigenvalue weighted by Gasteiger charge is 2.25. The monoisotopic (exact) mass is 252 g/mol. The van der Waals surface area contributed by atoms with E-state index < -0.39 is 5.82 Å². The summed E-state index contributed by atoms with van der Waals surface area (Å²) in [7, 11) is 0. The van der Waals surface area contributed by atoms with Crippen LogP contribution in [-0.4, -0.2) is 30.5 Å². The van der Waals surface area contributed by atoms with Gasteiger partial charge in [-0.25, -0.2) is 10.3 Å². The zero-order chi connectivity index (χ0) is 13.0. The van der Waals surface area contributed by atoms with Gasteiger partial charge in [0.2, 0.25) is 0 Å². The largest absolute Gasteiger partial charge is 0.338 e. The van der Waals surface area contributed by atoms with Crippen LogP contribution in [0.5, 0.6) is 0 Å². The van der Waals surface area contributed by atoms with Crippen LogP contribution < -0.4 is 5.90 Å². The molecule has 0 bridgehead atoms. The third-order valence-electron chi connectivity index (χ3n) is 3.24. The highest BCUT2D eigenvalue weighted by molar-refractivity contribution is 5.94. The van der Waals surface area contributed by atoms with Crippen molar-refractivity contribution in [3.8, 4) is 0 Å². The van der Waals surface area contributed by atoms with Crippen LogP contribution in [-0.2, 0) is 4.84 Å². The summed E-state index contributed by atoms with van der Waals surface area (Å²) in [5.74, 6) is 4.56. The number of benzene rings is 1. The first kappa shape index (κ1) is 13.0. The van der Waals surface area contributed by atoms with Crippen molar-refractivity contribution in [3.63, 3.8) is 0 Å². The molecule has 2 N–H and O–H groups in total. The van der Waals surface area contributed by atoms with E-state index in [1.54, 1.807) is 17.0 Å². The molecule has 0 aliphatic carbocycles. The van der Waals surface area contributed by atoms with Gasteiger partial charge in [0.1, 0.15) is 5.82 Å². The Kier molecular flexibility index (Phi) is 4.28. The minimum Gasteiger partial charge on any atom is -0.338 e. The van der Waals surface area contributed by atoms with E-state index in [1.807, 2.05) is 0 Å². The van der Waals surface area contributed by atoms with E-state index in [1.165, 1.54) is 12.1 Å².